The Morgan fingerprint density at radius 1 is 1.41 bits per heavy atom. The van der Waals surface area contributed by atoms with Crippen LogP contribution in [0.3, 0.4) is 0 Å². The smallest absolute Gasteiger partial charge is 0.248 e. The zero-order valence-corrected chi connectivity index (χ0v) is 11.0. The van der Waals surface area contributed by atoms with Crippen LogP contribution in [0.4, 0.5) is 0 Å². The molecule has 1 saturated heterocycles. The third kappa shape index (κ3) is 2.10. The minimum Gasteiger partial charge on any atom is -0.378 e. The normalized spacial score (nSPS) is 22.9. The molecule has 2 rings (SSSR count). The van der Waals surface area contributed by atoms with Gasteiger partial charge in [-0.05, 0) is 20.8 Å². The molecule has 0 amide bonds. The van der Waals surface area contributed by atoms with Gasteiger partial charge in [0.15, 0.2) is 5.76 Å². The van der Waals surface area contributed by atoms with E-state index in [1.807, 2.05) is 6.92 Å². The number of rotatable bonds is 2. The highest BCUT2D eigenvalue weighted by molar-refractivity contribution is 7.89. The van der Waals surface area contributed by atoms with Crippen LogP contribution in [0.25, 0.3) is 0 Å². The molecule has 1 aromatic heterocycles. The van der Waals surface area contributed by atoms with Gasteiger partial charge in [-0.3, -0.25) is 0 Å². The number of hydrogen-bond donors (Lipinski definition) is 0. The third-order valence-corrected chi connectivity index (χ3v) is 5.10. The molecule has 0 radical (unpaired) electrons. The van der Waals surface area contributed by atoms with E-state index in [1.165, 1.54) is 4.31 Å². The Kier molecular flexibility index (Phi) is 3.24. The lowest BCUT2D eigenvalue weighted by atomic mass is 10.3. The second kappa shape index (κ2) is 4.40. The second-order valence-electron chi connectivity index (χ2n) is 4.19. The van der Waals surface area contributed by atoms with Crippen molar-refractivity contribution in [2.24, 2.45) is 0 Å². The predicted octanol–water partition coefficient (Wildman–Crippen LogP) is 0.701. The Hall–Kier alpha value is -0.920. The van der Waals surface area contributed by atoms with Crippen LogP contribution in [0.5, 0.6) is 0 Å². The summed E-state index contributed by atoms with van der Waals surface area (Å²) >= 11 is 0. The fraction of sp³-hybridized carbons (Fsp3) is 0.700. The van der Waals surface area contributed by atoms with Gasteiger partial charge >= 0.3 is 0 Å². The Labute approximate surface area is 101 Å². The largest absolute Gasteiger partial charge is 0.378 e. The van der Waals surface area contributed by atoms with Crippen molar-refractivity contribution in [3.05, 3.63) is 11.5 Å². The summed E-state index contributed by atoms with van der Waals surface area (Å²) in [5, 5.41) is 3.69. The highest BCUT2D eigenvalue weighted by atomic mass is 32.2. The van der Waals surface area contributed by atoms with Crippen LogP contribution in [0, 0.1) is 13.8 Å². The maximum atomic E-state index is 12.5. The number of nitrogens with zero attached hydrogens (tertiary/aromatic N) is 2. The molecular formula is C10H16N2O4S. The van der Waals surface area contributed by atoms with Gasteiger partial charge in [-0.15, -0.1) is 0 Å². The SMILES string of the molecule is Cc1noc(C)c1S(=O)(=O)N1CCOC[C@H]1C. The van der Waals surface area contributed by atoms with Gasteiger partial charge < -0.3 is 9.26 Å². The van der Waals surface area contributed by atoms with Crippen LogP contribution >= 0.6 is 0 Å². The predicted molar refractivity (Wildman–Crippen MR) is 60.1 cm³/mol. The first kappa shape index (κ1) is 12.5. The van der Waals surface area contributed by atoms with Crippen LogP contribution in [0.1, 0.15) is 18.4 Å². The highest BCUT2D eigenvalue weighted by Gasteiger charge is 2.35. The van der Waals surface area contributed by atoms with Crippen molar-refractivity contribution in [3.8, 4) is 0 Å². The van der Waals surface area contributed by atoms with E-state index in [1.54, 1.807) is 13.8 Å². The van der Waals surface area contributed by atoms with E-state index in [2.05, 4.69) is 5.16 Å². The molecule has 0 aliphatic carbocycles. The van der Waals surface area contributed by atoms with Crippen molar-refractivity contribution in [1.82, 2.24) is 9.46 Å². The highest BCUT2D eigenvalue weighted by Crippen LogP contribution is 2.25. The van der Waals surface area contributed by atoms with Gasteiger partial charge in [0.1, 0.15) is 10.6 Å². The molecule has 1 fully saturated rings. The summed E-state index contributed by atoms with van der Waals surface area (Å²) in [7, 11) is -3.53. The molecule has 0 N–H and O–H groups in total. The van der Waals surface area contributed by atoms with Crippen molar-refractivity contribution in [2.45, 2.75) is 31.7 Å². The van der Waals surface area contributed by atoms with Crippen molar-refractivity contribution < 1.29 is 17.7 Å². The van der Waals surface area contributed by atoms with Crippen molar-refractivity contribution in [1.29, 1.82) is 0 Å². The van der Waals surface area contributed by atoms with Gasteiger partial charge in [0.2, 0.25) is 10.0 Å². The van der Waals surface area contributed by atoms with Crippen LogP contribution < -0.4 is 0 Å². The quantitative estimate of drug-likeness (QED) is 0.782. The summed E-state index contributed by atoms with van der Waals surface area (Å²) < 4.78 is 36.5. The molecule has 7 heteroatoms. The molecule has 1 aliphatic rings. The average molecular weight is 260 g/mol. The summed E-state index contributed by atoms with van der Waals surface area (Å²) in [5.41, 5.74) is 0.404. The molecule has 0 spiro atoms. The van der Waals surface area contributed by atoms with E-state index in [4.69, 9.17) is 9.26 Å². The lowest BCUT2D eigenvalue weighted by Crippen LogP contribution is -2.47. The first-order chi connectivity index (χ1) is 7.94. The first-order valence-corrected chi connectivity index (χ1v) is 6.91. The summed E-state index contributed by atoms with van der Waals surface area (Å²) in [5.74, 6) is 0.334. The fourth-order valence-corrected chi connectivity index (χ4v) is 3.92. The van der Waals surface area contributed by atoms with Crippen LogP contribution in [-0.4, -0.2) is 43.7 Å². The maximum absolute atomic E-state index is 12.5. The molecule has 1 aromatic rings. The standard InChI is InChI=1S/C10H16N2O4S/c1-7-6-15-5-4-12(7)17(13,14)10-8(2)11-16-9(10)3/h7H,4-6H2,1-3H3/t7-/m1/s1. The third-order valence-electron chi connectivity index (χ3n) is 2.84. The van der Waals surface area contributed by atoms with E-state index in [-0.39, 0.29) is 10.9 Å². The Balaban J connectivity index is 2.42. The van der Waals surface area contributed by atoms with Crippen LogP contribution in [0.2, 0.25) is 0 Å². The molecule has 1 aliphatic heterocycles. The number of hydrogen-bond acceptors (Lipinski definition) is 5. The van der Waals surface area contributed by atoms with Crippen molar-refractivity contribution >= 4 is 10.0 Å². The lowest BCUT2D eigenvalue weighted by molar-refractivity contribution is 0.0392. The molecule has 96 valence electrons. The van der Waals surface area contributed by atoms with Crippen LogP contribution in [-0.2, 0) is 14.8 Å². The van der Waals surface area contributed by atoms with E-state index >= 15 is 0 Å². The molecule has 1 atom stereocenters. The molecule has 2 heterocycles. The second-order valence-corrected chi connectivity index (χ2v) is 6.02. The van der Waals surface area contributed by atoms with Gasteiger partial charge in [0.05, 0.1) is 13.2 Å². The van der Waals surface area contributed by atoms with Gasteiger partial charge in [-0.1, -0.05) is 5.16 Å². The zero-order valence-electron chi connectivity index (χ0n) is 10.1. The lowest BCUT2D eigenvalue weighted by Gasteiger charge is -2.31. The molecule has 17 heavy (non-hydrogen) atoms. The molecule has 6 nitrogen and oxygen atoms in total. The number of aromatic nitrogens is 1. The summed E-state index contributed by atoms with van der Waals surface area (Å²) in [4.78, 5) is 0.186. The topological polar surface area (TPSA) is 72.6 Å². The average Bonchev–Trinajstić information content (AvgIpc) is 2.59. The number of aryl methyl sites for hydroxylation is 2. The maximum Gasteiger partial charge on any atom is 0.248 e. The molecule has 0 aromatic carbocycles. The molecule has 0 unspecified atom stereocenters. The molecule has 0 saturated carbocycles. The zero-order chi connectivity index (χ0) is 12.6. The molecule has 0 bridgehead atoms. The van der Waals surface area contributed by atoms with Crippen LogP contribution in [0.15, 0.2) is 9.42 Å². The van der Waals surface area contributed by atoms with Crippen molar-refractivity contribution in [2.75, 3.05) is 19.8 Å². The number of morpholine rings is 1. The van der Waals surface area contributed by atoms with E-state index in [0.29, 0.717) is 31.2 Å². The Morgan fingerprint density at radius 3 is 2.65 bits per heavy atom. The van der Waals surface area contributed by atoms with Crippen molar-refractivity contribution in [3.63, 3.8) is 0 Å². The van der Waals surface area contributed by atoms with Gasteiger partial charge in [-0.25, -0.2) is 8.42 Å². The van der Waals surface area contributed by atoms with Gasteiger partial charge in [-0.2, -0.15) is 4.31 Å². The van der Waals surface area contributed by atoms with E-state index < -0.39 is 10.0 Å². The Morgan fingerprint density at radius 2 is 2.12 bits per heavy atom. The minimum absolute atomic E-state index is 0.164. The van der Waals surface area contributed by atoms with Gasteiger partial charge in [0, 0.05) is 12.6 Å². The van der Waals surface area contributed by atoms with Gasteiger partial charge in [0.25, 0.3) is 0 Å². The van der Waals surface area contributed by atoms with E-state index in [0.717, 1.165) is 0 Å². The summed E-state index contributed by atoms with van der Waals surface area (Å²) in [6.07, 6.45) is 0. The summed E-state index contributed by atoms with van der Waals surface area (Å²) in [6, 6.07) is -0.164. The number of sulfonamides is 1. The molecular weight excluding hydrogens is 244 g/mol. The van der Waals surface area contributed by atoms with E-state index in [9.17, 15) is 8.42 Å². The fourth-order valence-electron chi connectivity index (χ4n) is 2.03. The summed E-state index contributed by atoms with van der Waals surface area (Å²) in [6.45, 7) is 6.28. The Bertz CT molecular complexity index is 489. The number of ether oxygens (including phenoxy) is 1. The minimum atomic E-state index is -3.53. The monoisotopic (exact) mass is 260 g/mol. The first-order valence-electron chi connectivity index (χ1n) is 5.47.